The quantitative estimate of drug-likeness (QED) is 0.473. The average molecular weight is 156 g/mol. The van der Waals surface area contributed by atoms with Gasteiger partial charge >= 0.3 is 5.92 Å². The first-order valence-corrected chi connectivity index (χ1v) is 2.27. The summed E-state index contributed by atoms with van der Waals surface area (Å²) in [5, 5.41) is 0. The molecule has 0 fully saturated rings. The number of hydrogen-bond acceptors (Lipinski definition) is 0. The van der Waals surface area contributed by atoms with Crippen molar-refractivity contribution in [1.29, 1.82) is 0 Å². The molecule has 10 heavy (non-hydrogen) atoms. The fraction of sp³-hybridized carbons (Fsp3) is 0.200. The molecule has 1 rings (SSSR count). The van der Waals surface area contributed by atoms with E-state index in [0.717, 1.165) is 0 Å². The molecule has 0 saturated heterocycles. The second-order valence-corrected chi connectivity index (χ2v) is 1.74. The lowest BCUT2D eigenvalue weighted by Crippen LogP contribution is -2.09. The first kappa shape index (κ1) is 7.24. The summed E-state index contributed by atoms with van der Waals surface area (Å²) in [6, 6.07) is 0. The van der Waals surface area contributed by atoms with Gasteiger partial charge in [0.1, 0.15) is 0 Å². The molecule has 0 aromatic rings. The molecule has 0 aliphatic heterocycles. The molecule has 0 spiro atoms. The molecule has 0 saturated carbocycles. The fourth-order valence-corrected chi connectivity index (χ4v) is 0.537. The number of hydrogen-bond donors (Lipinski definition) is 0. The fourth-order valence-electron chi connectivity index (χ4n) is 0.537. The lowest BCUT2D eigenvalue weighted by Gasteiger charge is -2.01. The maximum Gasteiger partial charge on any atom is 0.323 e. The molecule has 0 unspecified atom stereocenters. The van der Waals surface area contributed by atoms with Crippen LogP contribution in [0.15, 0.2) is 23.6 Å². The number of rotatable bonds is 0. The molecular weight excluding hydrogens is 155 g/mol. The number of alkyl halides is 2. The Morgan fingerprint density at radius 1 is 1.10 bits per heavy atom. The van der Waals surface area contributed by atoms with E-state index in [1.807, 2.05) is 0 Å². The lowest BCUT2D eigenvalue weighted by atomic mass is 10.4. The van der Waals surface area contributed by atoms with Gasteiger partial charge in [0.15, 0.2) is 11.7 Å². The van der Waals surface area contributed by atoms with E-state index in [1.54, 1.807) is 0 Å². The Bertz CT molecular complexity index is 224. The van der Waals surface area contributed by atoms with Crippen molar-refractivity contribution < 1.29 is 22.0 Å². The molecule has 0 aromatic heterocycles. The SMILES string of the molecule is FC1=CC(F)(F)C(F)=C1F. The zero-order valence-corrected chi connectivity index (χ0v) is 4.47. The van der Waals surface area contributed by atoms with Crippen LogP contribution < -0.4 is 0 Å². The second kappa shape index (κ2) is 1.81. The van der Waals surface area contributed by atoms with Crippen LogP contribution in [0.5, 0.6) is 0 Å². The average Bonchev–Trinajstić information content (AvgIpc) is 1.95. The Morgan fingerprint density at radius 3 is 1.70 bits per heavy atom. The van der Waals surface area contributed by atoms with E-state index >= 15 is 0 Å². The molecule has 0 bridgehead atoms. The molecule has 5 heteroatoms. The summed E-state index contributed by atoms with van der Waals surface area (Å²) in [5.41, 5.74) is 0. The van der Waals surface area contributed by atoms with Gasteiger partial charge < -0.3 is 0 Å². The highest BCUT2D eigenvalue weighted by atomic mass is 19.3. The highest BCUT2D eigenvalue weighted by molar-refractivity contribution is 5.37. The summed E-state index contributed by atoms with van der Waals surface area (Å²) in [6.45, 7) is 0. The molecule has 0 N–H and O–H groups in total. The topological polar surface area (TPSA) is 0 Å². The first-order chi connectivity index (χ1) is 4.45. The van der Waals surface area contributed by atoms with E-state index in [0.29, 0.717) is 0 Å². The van der Waals surface area contributed by atoms with Crippen molar-refractivity contribution in [2.45, 2.75) is 5.92 Å². The number of halogens is 5. The van der Waals surface area contributed by atoms with E-state index in [2.05, 4.69) is 0 Å². The van der Waals surface area contributed by atoms with Crippen LogP contribution >= 0.6 is 0 Å². The van der Waals surface area contributed by atoms with E-state index in [4.69, 9.17) is 0 Å². The van der Waals surface area contributed by atoms with Gasteiger partial charge in [0.05, 0.1) is 0 Å². The minimum Gasteiger partial charge on any atom is -0.204 e. The Hall–Kier alpha value is -0.870. The van der Waals surface area contributed by atoms with E-state index in [9.17, 15) is 22.0 Å². The van der Waals surface area contributed by atoms with Gasteiger partial charge in [-0.25, -0.2) is 13.2 Å². The third kappa shape index (κ3) is 0.815. The monoisotopic (exact) mass is 156 g/mol. The molecule has 0 nitrogen and oxygen atoms in total. The first-order valence-electron chi connectivity index (χ1n) is 2.27. The zero-order chi connectivity index (χ0) is 7.94. The van der Waals surface area contributed by atoms with Crippen LogP contribution in [0.4, 0.5) is 22.0 Å². The van der Waals surface area contributed by atoms with E-state index < -0.39 is 29.5 Å². The Balaban J connectivity index is 3.12. The second-order valence-electron chi connectivity index (χ2n) is 1.74. The predicted octanol–water partition coefficient (Wildman–Crippen LogP) is 2.64. The molecule has 1 aliphatic carbocycles. The molecular formula is C5HF5. The number of allylic oxidation sites excluding steroid dienone is 4. The highest BCUT2D eigenvalue weighted by Gasteiger charge is 2.43. The minimum absolute atomic E-state index is 0.405. The van der Waals surface area contributed by atoms with Gasteiger partial charge in [-0.2, -0.15) is 8.78 Å². The highest BCUT2D eigenvalue weighted by Crippen LogP contribution is 2.40. The van der Waals surface area contributed by atoms with Gasteiger partial charge in [-0.1, -0.05) is 0 Å². The van der Waals surface area contributed by atoms with Crippen molar-refractivity contribution in [2.24, 2.45) is 0 Å². The van der Waals surface area contributed by atoms with Gasteiger partial charge in [-0.15, -0.1) is 0 Å². The van der Waals surface area contributed by atoms with Crippen molar-refractivity contribution in [2.75, 3.05) is 0 Å². The lowest BCUT2D eigenvalue weighted by molar-refractivity contribution is 0.0716. The molecule has 0 radical (unpaired) electrons. The van der Waals surface area contributed by atoms with E-state index in [-0.39, 0.29) is 0 Å². The summed E-state index contributed by atoms with van der Waals surface area (Å²) in [5.74, 6) is -10.4. The van der Waals surface area contributed by atoms with Crippen molar-refractivity contribution in [3.63, 3.8) is 0 Å². The molecule has 0 aromatic carbocycles. The summed E-state index contributed by atoms with van der Waals surface area (Å²) < 4.78 is 59.1. The van der Waals surface area contributed by atoms with Gasteiger partial charge in [-0.3, -0.25) is 0 Å². The summed E-state index contributed by atoms with van der Waals surface area (Å²) in [6.07, 6.45) is -0.405. The van der Waals surface area contributed by atoms with Crippen LogP contribution in [-0.2, 0) is 0 Å². The van der Waals surface area contributed by atoms with Crippen LogP contribution in [-0.4, -0.2) is 5.92 Å². The van der Waals surface area contributed by atoms with Crippen molar-refractivity contribution in [3.8, 4) is 0 Å². The van der Waals surface area contributed by atoms with Gasteiger partial charge in [-0.05, 0) is 0 Å². The van der Waals surface area contributed by atoms with Crippen molar-refractivity contribution in [1.82, 2.24) is 0 Å². The Kier molecular flexibility index (Phi) is 1.31. The van der Waals surface area contributed by atoms with Crippen LogP contribution in [0.3, 0.4) is 0 Å². The largest absolute Gasteiger partial charge is 0.323 e. The standard InChI is InChI=1S/C5HF5/c6-2-1-5(9,10)4(8)3(2)7/h1H. The summed E-state index contributed by atoms with van der Waals surface area (Å²) in [7, 11) is 0. The van der Waals surface area contributed by atoms with E-state index in [1.165, 1.54) is 0 Å². The molecule has 1 aliphatic rings. The zero-order valence-electron chi connectivity index (χ0n) is 4.47. The van der Waals surface area contributed by atoms with Crippen LogP contribution in [0.25, 0.3) is 0 Å². The maximum atomic E-state index is 11.8. The van der Waals surface area contributed by atoms with Gasteiger partial charge in [0, 0.05) is 6.08 Å². The Morgan fingerprint density at radius 2 is 1.60 bits per heavy atom. The molecule has 0 amide bonds. The molecule has 56 valence electrons. The molecule has 0 atom stereocenters. The maximum absolute atomic E-state index is 11.8. The Labute approximate surface area is 52.6 Å². The van der Waals surface area contributed by atoms with Gasteiger partial charge in [0.2, 0.25) is 5.83 Å². The minimum atomic E-state index is -4.10. The van der Waals surface area contributed by atoms with Crippen LogP contribution in [0.2, 0.25) is 0 Å². The van der Waals surface area contributed by atoms with Crippen LogP contribution in [0.1, 0.15) is 0 Å². The summed E-state index contributed by atoms with van der Waals surface area (Å²) >= 11 is 0. The molecule has 0 heterocycles. The summed E-state index contributed by atoms with van der Waals surface area (Å²) in [4.78, 5) is 0. The smallest absolute Gasteiger partial charge is 0.204 e. The third-order valence-corrected chi connectivity index (χ3v) is 1.00. The normalized spacial score (nSPS) is 23.5. The predicted molar refractivity (Wildman–Crippen MR) is 23.4 cm³/mol. The van der Waals surface area contributed by atoms with Gasteiger partial charge in [0.25, 0.3) is 0 Å². The van der Waals surface area contributed by atoms with Crippen molar-refractivity contribution >= 4 is 0 Å². The van der Waals surface area contributed by atoms with Crippen molar-refractivity contribution in [3.05, 3.63) is 23.6 Å². The van der Waals surface area contributed by atoms with Crippen LogP contribution in [0, 0.1) is 0 Å². The third-order valence-electron chi connectivity index (χ3n) is 1.00.